The summed E-state index contributed by atoms with van der Waals surface area (Å²) in [5.74, 6) is -5.25. The van der Waals surface area contributed by atoms with Crippen molar-refractivity contribution in [2.75, 3.05) is 13.1 Å². The van der Waals surface area contributed by atoms with E-state index in [1.807, 2.05) is 0 Å². The highest BCUT2D eigenvalue weighted by Gasteiger charge is 2.48. The highest BCUT2D eigenvalue weighted by atomic mass is 19.4. The van der Waals surface area contributed by atoms with Gasteiger partial charge in [-0.2, -0.15) is 23.3 Å². The average Bonchev–Trinajstić information content (AvgIpc) is 3.17. The van der Waals surface area contributed by atoms with Crippen LogP contribution in [0.15, 0.2) is 9.32 Å². The standard InChI is InChI=1S/C14H13F5N6O3/c15-13(16)5-23(6-13)10(26)7-2-1-3-8-21-24(12(27)25(7)8)4-9-20-11(22-28-9)14(17,18)19/h7H,1-6H2. The van der Waals surface area contributed by atoms with E-state index in [1.165, 1.54) is 0 Å². The molecule has 0 aliphatic carbocycles. The largest absolute Gasteiger partial charge is 0.455 e. The first-order valence-corrected chi connectivity index (χ1v) is 8.30. The maximum Gasteiger partial charge on any atom is 0.455 e. The van der Waals surface area contributed by atoms with Crippen LogP contribution in [-0.4, -0.2) is 54.3 Å². The summed E-state index contributed by atoms with van der Waals surface area (Å²) in [5, 5.41) is 6.82. The molecule has 2 aromatic heterocycles. The fourth-order valence-electron chi connectivity index (χ4n) is 3.31. The zero-order valence-corrected chi connectivity index (χ0v) is 14.1. The SMILES string of the molecule is O=C(C1CCCc2nn(Cc3nc(C(F)(F)F)no3)c(=O)n21)N1CC(F)(F)C1. The van der Waals surface area contributed by atoms with Gasteiger partial charge in [0.2, 0.25) is 11.8 Å². The van der Waals surface area contributed by atoms with Crippen molar-refractivity contribution >= 4 is 5.91 Å². The molecular formula is C14H13F5N6O3. The Bertz CT molecular complexity index is 969. The number of hydrogen-bond acceptors (Lipinski definition) is 6. The van der Waals surface area contributed by atoms with Gasteiger partial charge in [-0.05, 0) is 12.8 Å². The van der Waals surface area contributed by atoms with Crippen molar-refractivity contribution in [3.05, 3.63) is 28.0 Å². The van der Waals surface area contributed by atoms with E-state index >= 15 is 0 Å². The highest BCUT2D eigenvalue weighted by Crippen LogP contribution is 2.32. The van der Waals surface area contributed by atoms with E-state index in [4.69, 9.17) is 0 Å². The second-order valence-corrected chi connectivity index (χ2v) is 6.69. The summed E-state index contributed by atoms with van der Waals surface area (Å²) in [6.45, 7) is -1.92. The summed E-state index contributed by atoms with van der Waals surface area (Å²) in [6, 6.07) is -0.977. The number of carbonyl (C=O) groups is 1. The lowest BCUT2D eigenvalue weighted by atomic mass is 10.0. The van der Waals surface area contributed by atoms with Gasteiger partial charge in [-0.25, -0.2) is 18.3 Å². The minimum Gasteiger partial charge on any atom is -0.337 e. The molecule has 0 aromatic carbocycles. The predicted molar refractivity (Wildman–Crippen MR) is 78.4 cm³/mol. The minimum atomic E-state index is -4.79. The Kier molecular flexibility index (Phi) is 4.04. The fourth-order valence-corrected chi connectivity index (χ4v) is 3.31. The summed E-state index contributed by atoms with van der Waals surface area (Å²) >= 11 is 0. The number of likely N-dealkylation sites (tertiary alicyclic amines) is 1. The Labute approximate surface area is 152 Å². The zero-order chi connectivity index (χ0) is 20.3. The van der Waals surface area contributed by atoms with E-state index in [9.17, 15) is 31.5 Å². The van der Waals surface area contributed by atoms with E-state index in [1.54, 1.807) is 0 Å². The van der Waals surface area contributed by atoms with E-state index < -0.39 is 61.1 Å². The molecule has 2 aliphatic rings. The lowest BCUT2D eigenvalue weighted by Gasteiger charge is -2.41. The van der Waals surface area contributed by atoms with Crippen LogP contribution in [0.2, 0.25) is 0 Å². The van der Waals surface area contributed by atoms with Crippen molar-refractivity contribution in [2.45, 2.75) is 43.9 Å². The Balaban J connectivity index is 1.58. The van der Waals surface area contributed by atoms with Gasteiger partial charge in [-0.1, -0.05) is 5.16 Å². The smallest absolute Gasteiger partial charge is 0.337 e. The van der Waals surface area contributed by atoms with E-state index in [0.29, 0.717) is 12.8 Å². The van der Waals surface area contributed by atoms with Crippen molar-refractivity contribution in [1.82, 2.24) is 29.4 Å². The van der Waals surface area contributed by atoms with Crippen LogP contribution >= 0.6 is 0 Å². The number of aromatic nitrogens is 5. The maximum atomic E-state index is 13.0. The van der Waals surface area contributed by atoms with Crippen molar-refractivity contribution in [1.29, 1.82) is 0 Å². The third-order valence-corrected chi connectivity index (χ3v) is 4.58. The number of aryl methyl sites for hydroxylation is 1. The number of fused-ring (bicyclic) bond motifs is 1. The van der Waals surface area contributed by atoms with Crippen LogP contribution < -0.4 is 5.69 Å². The first kappa shape index (κ1) is 18.6. The number of amides is 1. The molecule has 0 radical (unpaired) electrons. The average molecular weight is 408 g/mol. The third kappa shape index (κ3) is 3.16. The molecule has 1 amide bonds. The molecule has 152 valence electrons. The molecule has 1 unspecified atom stereocenters. The van der Waals surface area contributed by atoms with Crippen LogP contribution in [0.4, 0.5) is 22.0 Å². The Morgan fingerprint density at radius 2 is 2.00 bits per heavy atom. The normalized spacial score (nSPS) is 21.3. The minimum absolute atomic E-state index is 0.248. The quantitative estimate of drug-likeness (QED) is 0.699. The molecule has 9 nitrogen and oxygen atoms in total. The predicted octanol–water partition coefficient (Wildman–Crippen LogP) is 0.850. The molecule has 2 aliphatic heterocycles. The van der Waals surface area contributed by atoms with Gasteiger partial charge in [-0.15, -0.1) is 0 Å². The Morgan fingerprint density at radius 3 is 2.61 bits per heavy atom. The Morgan fingerprint density at radius 1 is 1.29 bits per heavy atom. The van der Waals surface area contributed by atoms with Crippen LogP contribution in [-0.2, 0) is 23.9 Å². The first-order valence-electron chi connectivity index (χ1n) is 8.30. The van der Waals surface area contributed by atoms with Crippen molar-refractivity contribution in [3.8, 4) is 0 Å². The zero-order valence-electron chi connectivity index (χ0n) is 14.1. The number of rotatable bonds is 3. The summed E-state index contributed by atoms with van der Waals surface area (Å²) in [5.41, 5.74) is -0.757. The van der Waals surface area contributed by atoms with Gasteiger partial charge in [0.25, 0.3) is 11.7 Å². The van der Waals surface area contributed by atoms with Gasteiger partial charge >= 0.3 is 11.9 Å². The molecule has 0 spiro atoms. The number of nitrogens with zero attached hydrogens (tertiary/aromatic N) is 6. The lowest BCUT2D eigenvalue weighted by molar-refractivity contribution is -0.169. The van der Waals surface area contributed by atoms with Crippen LogP contribution in [0.25, 0.3) is 0 Å². The summed E-state index contributed by atoms with van der Waals surface area (Å²) in [6.07, 6.45) is -3.65. The van der Waals surface area contributed by atoms with E-state index in [0.717, 1.165) is 14.1 Å². The van der Waals surface area contributed by atoms with Crippen molar-refractivity contribution in [3.63, 3.8) is 0 Å². The van der Waals surface area contributed by atoms with Crippen LogP contribution in [0.3, 0.4) is 0 Å². The second kappa shape index (κ2) is 6.10. The van der Waals surface area contributed by atoms with Crippen LogP contribution in [0, 0.1) is 0 Å². The molecule has 0 saturated carbocycles. The van der Waals surface area contributed by atoms with Crippen molar-refractivity contribution in [2.24, 2.45) is 0 Å². The monoisotopic (exact) mass is 408 g/mol. The molecular weight excluding hydrogens is 395 g/mol. The topological polar surface area (TPSA) is 99.0 Å². The first-order chi connectivity index (χ1) is 13.0. The molecule has 0 bridgehead atoms. The summed E-state index contributed by atoms with van der Waals surface area (Å²) < 4.78 is 70.1. The second-order valence-electron chi connectivity index (χ2n) is 6.69. The van der Waals surface area contributed by atoms with Gasteiger partial charge in [0.1, 0.15) is 18.4 Å². The Hall–Kier alpha value is -2.80. The van der Waals surface area contributed by atoms with E-state index in [2.05, 4.69) is 19.8 Å². The molecule has 2 aromatic rings. The highest BCUT2D eigenvalue weighted by molar-refractivity contribution is 5.81. The summed E-state index contributed by atoms with van der Waals surface area (Å²) in [7, 11) is 0. The number of carbonyl (C=O) groups excluding carboxylic acids is 1. The molecule has 1 fully saturated rings. The van der Waals surface area contributed by atoms with Gasteiger partial charge in [0.15, 0.2) is 0 Å². The van der Waals surface area contributed by atoms with Crippen LogP contribution in [0.1, 0.15) is 36.4 Å². The number of halogens is 5. The molecule has 4 heterocycles. The summed E-state index contributed by atoms with van der Waals surface area (Å²) in [4.78, 5) is 29.3. The van der Waals surface area contributed by atoms with E-state index in [-0.39, 0.29) is 12.2 Å². The number of hydrogen-bond donors (Lipinski definition) is 0. The van der Waals surface area contributed by atoms with Gasteiger partial charge in [-0.3, -0.25) is 9.36 Å². The molecule has 14 heteroatoms. The molecule has 1 atom stereocenters. The molecule has 1 saturated heterocycles. The molecule has 0 N–H and O–H groups in total. The third-order valence-electron chi connectivity index (χ3n) is 4.58. The lowest BCUT2D eigenvalue weighted by Crippen LogP contribution is -2.60. The van der Waals surface area contributed by atoms with Gasteiger partial charge in [0.05, 0.1) is 13.1 Å². The van der Waals surface area contributed by atoms with Gasteiger partial charge in [0, 0.05) is 6.42 Å². The molecule has 28 heavy (non-hydrogen) atoms. The van der Waals surface area contributed by atoms with Crippen molar-refractivity contribution < 1.29 is 31.3 Å². The maximum absolute atomic E-state index is 13.0. The van der Waals surface area contributed by atoms with Gasteiger partial charge < -0.3 is 9.42 Å². The molecule has 4 rings (SSSR count). The number of alkyl halides is 5. The van der Waals surface area contributed by atoms with Crippen LogP contribution in [0.5, 0.6) is 0 Å². The fraction of sp³-hybridized carbons (Fsp3) is 0.643.